The van der Waals surface area contributed by atoms with Crippen molar-refractivity contribution >= 4 is 5.97 Å². The van der Waals surface area contributed by atoms with E-state index in [4.69, 9.17) is 5.11 Å². The highest BCUT2D eigenvalue weighted by Gasteiger charge is 2.20. The minimum atomic E-state index is -0.925. The van der Waals surface area contributed by atoms with Crippen molar-refractivity contribution in [3.63, 3.8) is 0 Å². The van der Waals surface area contributed by atoms with Crippen LogP contribution in [0.15, 0.2) is 18.5 Å². The van der Waals surface area contributed by atoms with Crippen molar-refractivity contribution < 1.29 is 9.90 Å². The van der Waals surface area contributed by atoms with Crippen molar-refractivity contribution in [3.8, 4) is 0 Å². The van der Waals surface area contributed by atoms with E-state index in [2.05, 4.69) is 15.6 Å². The second-order valence-electron chi connectivity index (χ2n) is 3.48. The Morgan fingerprint density at radius 3 is 3.07 bits per heavy atom. The highest BCUT2D eigenvalue weighted by Crippen LogP contribution is 2.17. The van der Waals surface area contributed by atoms with E-state index in [0.29, 0.717) is 0 Å². The van der Waals surface area contributed by atoms with Gasteiger partial charge in [0, 0.05) is 38.1 Å². The first-order valence-corrected chi connectivity index (χ1v) is 4.90. The summed E-state index contributed by atoms with van der Waals surface area (Å²) in [4.78, 5) is 14.8. The van der Waals surface area contributed by atoms with Crippen molar-refractivity contribution in [2.45, 2.75) is 6.04 Å². The molecular formula is C10H13N3O2. The van der Waals surface area contributed by atoms with E-state index in [0.717, 1.165) is 25.2 Å². The molecule has 1 atom stereocenters. The summed E-state index contributed by atoms with van der Waals surface area (Å²) in [5, 5.41) is 15.5. The number of hydrogen-bond acceptors (Lipinski definition) is 4. The van der Waals surface area contributed by atoms with Crippen molar-refractivity contribution in [2.24, 2.45) is 0 Å². The Kier molecular flexibility index (Phi) is 2.94. The molecule has 0 aromatic carbocycles. The lowest BCUT2D eigenvalue weighted by atomic mass is 10.0. The fourth-order valence-corrected chi connectivity index (χ4v) is 1.76. The van der Waals surface area contributed by atoms with Crippen molar-refractivity contribution in [3.05, 3.63) is 29.6 Å². The molecule has 0 bridgehead atoms. The number of hydrogen-bond donors (Lipinski definition) is 3. The average Bonchev–Trinajstić information content (AvgIpc) is 2.30. The average molecular weight is 207 g/mol. The van der Waals surface area contributed by atoms with E-state index in [9.17, 15) is 4.79 Å². The molecule has 1 aliphatic rings. The maximum absolute atomic E-state index is 11.0. The molecule has 1 unspecified atom stereocenters. The SMILES string of the molecule is O=C(O)c1cnccc1C1CNCCN1. The van der Waals surface area contributed by atoms with Gasteiger partial charge in [0.25, 0.3) is 0 Å². The Bertz CT molecular complexity index is 361. The van der Waals surface area contributed by atoms with Gasteiger partial charge in [-0.3, -0.25) is 4.98 Å². The molecule has 0 spiro atoms. The second-order valence-corrected chi connectivity index (χ2v) is 3.48. The Labute approximate surface area is 87.5 Å². The van der Waals surface area contributed by atoms with Gasteiger partial charge in [-0.25, -0.2) is 4.79 Å². The van der Waals surface area contributed by atoms with Crippen LogP contribution in [0.4, 0.5) is 0 Å². The zero-order valence-electron chi connectivity index (χ0n) is 8.23. The topological polar surface area (TPSA) is 74.2 Å². The number of pyridine rings is 1. The van der Waals surface area contributed by atoms with Crippen LogP contribution in [-0.4, -0.2) is 35.7 Å². The molecule has 0 amide bonds. The number of carboxylic acid groups (broad SMARTS) is 1. The molecule has 1 aliphatic heterocycles. The van der Waals surface area contributed by atoms with Gasteiger partial charge in [-0.15, -0.1) is 0 Å². The van der Waals surface area contributed by atoms with Gasteiger partial charge in [0.1, 0.15) is 0 Å². The van der Waals surface area contributed by atoms with E-state index >= 15 is 0 Å². The third-order valence-electron chi connectivity index (χ3n) is 2.50. The van der Waals surface area contributed by atoms with Crippen LogP contribution >= 0.6 is 0 Å². The van der Waals surface area contributed by atoms with E-state index in [-0.39, 0.29) is 11.6 Å². The van der Waals surface area contributed by atoms with Gasteiger partial charge in [0.05, 0.1) is 5.56 Å². The van der Waals surface area contributed by atoms with Gasteiger partial charge in [0.2, 0.25) is 0 Å². The van der Waals surface area contributed by atoms with Gasteiger partial charge in [-0.2, -0.15) is 0 Å². The predicted molar refractivity (Wildman–Crippen MR) is 54.8 cm³/mol. The van der Waals surface area contributed by atoms with Crippen LogP contribution < -0.4 is 10.6 Å². The first-order valence-electron chi connectivity index (χ1n) is 4.90. The molecule has 15 heavy (non-hydrogen) atoms. The number of aromatic nitrogens is 1. The lowest BCUT2D eigenvalue weighted by molar-refractivity contribution is 0.0694. The highest BCUT2D eigenvalue weighted by atomic mass is 16.4. The number of nitrogens with zero attached hydrogens (tertiary/aromatic N) is 1. The maximum atomic E-state index is 11.0. The summed E-state index contributed by atoms with van der Waals surface area (Å²) in [6, 6.07) is 1.82. The Hall–Kier alpha value is -1.46. The molecule has 0 radical (unpaired) electrons. The minimum Gasteiger partial charge on any atom is -0.478 e. The van der Waals surface area contributed by atoms with E-state index < -0.39 is 5.97 Å². The summed E-state index contributed by atoms with van der Waals surface area (Å²) in [5.41, 5.74) is 1.07. The van der Waals surface area contributed by atoms with Gasteiger partial charge in [-0.05, 0) is 11.6 Å². The monoisotopic (exact) mass is 207 g/mol. The molecule has 1 aromatic heterocycles. The molecule has 0 saturated carbocycles. The number of rotatable bonds is 2. The highest BCUT2D eigenvalue weighted by molar-refractivity contribution is 5.89. The van der Waals surface area contributed by atoms with Gasteiger partial charge < -0.3 is 15.7 Å². The van der Waals surface area contributed by atoms with Crippen LogP contribution in [0.25, 0.3) is 0 Å². The summed E-state index contributed by atoms with van der Waals surface area (Å²) >= 11 is 0. The first kappa shape index (κ1) is 10.1. The van der Waals surface area contributed by atoms with Crippen molar-refractivity contribution in [1.82, 2.24) is 15.6 Å². The zero-order valence-corrected chi connectivity index (χ0v) is 8.23. The van der Waals surface area contributed by atoms with E-state index in [1.807, 2.05) is 0 Å². The Morgan fingerprint density at radius 1 is 1.53 bits per heavy atom. The molecule has 0 aliphatic carbocycles. The van der Waals surface area contributed by atoms with Gasteiger partial charge >= 0.3 is 5.97 Å². The van der Waals surface area contributed by atoms with E-state index in [1.165, 1.54) is 6.20 Å². The molecule has 5 nitrogen and oxygen atoms in total. The third kappa shape index (κ3) is 2.14. The fourth-order valence-electron chi connectivity index (χ4n) is 1.76. The lowest BCUT2D eigenvalue weighted by Crippen LogP contribution is -2.43. The molecule has 2 heterocycles. The molecule has 1 saturated heterocycles. The largest absolute Gasteiger partial charge is 0.478 e. The maximum Gasteiger partial charge on any atom is 0.337 e. The van der Waals surface area contributed by atoms with Crippen LogP contribution in [-0.2, 0) is 0 Å². The number of carbonyl (C=O) groups is 1. The Balaban J connectivity index is 2.29. The van der Waals surface area contributed by atoms with Crippen LogP contribution in [0, 0.1) is 0 Å². The predicted octanol–water partition coefficient (Wildman–Crippen LogP) is 0.0137. The first-order chi connectivity index (χ1) is 7.29. The van der Waals surface area contributed by atoms with E-state index in [1.54, 1.807) is 12.3 Å². The quantitative estimate of drug-likeness (QED) is 0.637. The Morgan fingerprint density at radius 2 is 2.40 bits per heavy atom. The standard InChI is InChI=1S/C10H13N3O2/c14-10(15)8-5-11-2-1-7(8)9-6-12-3-4-13-9/h1-2,5,9,12-13H,3-4,6H2,(H,14,15). The molecule has 1 fully saturated rings. The molecule has 80 valence electrons. The van der Waals surface area contributed by atoms with Gasteiger partial charge in [-0.1, -0.05) is 0 Å². The minimum absolute atomic E-state index is 0.0628. The summed E-state index contributed by atoms with van der Waals surface area (Å²) < 4.78 is 0. The number of nitrogens with one attached hydrogen (secondary N) is 2. The third-order valence-corrected chi connectivity index (χ3v) is 2.50. The second kappa shape index (κ2) is 4.37. The molecule has 2 rings (SSSR count). The lowest BCUT2D eigenvalue weighted by Gasteiger charge is -2.25. The fraction of sp³-hybridized carbons (Fsp3) is 0.400. The molecule has 1 aromatic rings. The van der Waals surface area contributed by atoms with Crippen LogP contribution in [0.2, 0.25) is 0 Å². The van der Waals surface area contributed by atoms with Gasteiger partial charge in [0.15, 0.2) is 0 Å². The molecule has 3 N–H and O–H groups in total. The number of aromatic carboxylic acids is 1. The number of piperazine rings is 1. The van der Waals surface area contributed by atoms with Crippen molar-refractivity contribution in [1.29, 1.82) is 0 Å². The van der Waals surface area contributed by atoms with Crippen LogP contribution in [0.1, 0.15) is 22.0 Å². The zero-order chi connectivity index (χ0) is 10.7. The van der Waals surface area contributed by atoms with Crippen LogP contribution in [0.3, 0.4) is 0 Å². The summed E-state index contributed by atoms with van der Waals surface area (Å²) in [5.74, 6) is -0.925. The summed E-state index contributed by atoms with van der Waals surface area (Å²) in [7, 11) is 0. The summed E-state index contributed by atoms with van der Waals surface area (Å²) in [6.07, 6.45) is 3.02. The van der Waals surface area contributed by atoms with Crippen molar-refractivity contribution in [2.75, 3.05) is 19.6 Å². The smallest absolute Gasteiger partial charge is 0.337 e. The molecular weight excluding hydrogens is 194 g/mol. The van der Waals surface area contributed by atoms with Crippen LogP contribution in [0.5, 0.6) is 0 Å². The normalized spacial score (nSPS) is 21.2. The summed E-state index contributed by atoms with van der Waals surface area (Å²) in [6.45, 7) is 2.53. The molecule has 5 heteroatoms. The number of carboxylic acids is 1.